The third kappa shape index (κ3) is 5.71. The number of carbonyl (C=O) groups is 1. The van der Waals surface area contributed by atoms with Gasteiger partial charge in [0.05, 0.1) is 20.8 Å². The number of ether oxygens (including phenoxy) is 3. The first-order valence-corrected chi connectivity index (χ1v) is 8.35. The molecule has 25 heavy (non-hydrogen) atoms. The minimum atomic E-state index is 0.0181. The van der Waals surface area contributed by atoms with Crippen molar-refractivity contribution in [3.8, 4) is 17.2 Å². The number of hydrogen-bond acceptors (Lipinski definition) is 4. The lowest BCUT2D eigenvalue weighted by atomic mass is 10.1. The Hall–Kier alpha value is -2.69. The third-order valence-electron chi connectivity index (χ3n) is 3.82. The summed E-state index contributed by atoms with van der Waals surface area (Å²) in [6.07, 6.45) is 1.14. The first-order valence-electron chi connectivity index (χ1n) is 8.35. The Balaban J connectivity index is 1.83. The van der Waals surface area contributed by atoms with Crippen LogP contribution in [0.4, 0.5) is 0 Å². The van der Waals surface area contributed by atoms with Crippen LogP contribution in [0.25, 0.3) is 0 Å². The van der Waals surface area contributed by atoms with E-state index >= 15 is 0 Å². The van der Waals surface area contributed by atoms with Crippen LogP contribution < -0.4 is 19.5 Å². The van der Waals surface area contributed by atoms with Crippen molar-refractivity contribution in [2.75, 3.05) is 20.8 Å². The Morgan fingerprint density at radius 2 is 1.68 bits per heavy atom. The molecule has 0 aliphatic carbocycles. The molecule has 2 aromatic carbocycles. The van der Waals surface area contributed by atoms with Gasteiger partial charge in [0.1, 0.15) is 5.75 Å². The van der Waals surface area contributed by atoms with Gasteiger partial charge in [-0.3, -0.25) is 4.79 Å². The molecule has 5 nitrogen and oxygen atoms in total. The summed E-state index contributed by atoms with van der Waals surface area (Å²) in [4.78, 5) is 12.1. The maximum atomic E-state index is 12.1. The van der Waals surface area contributed by atoms with Crippen LogP contribution in [0.15, 0.2) is 42.5 Å². The van der Waals surface area contributed by atoms with Crippen molar-refractivity contribution in [1.29, 1.82) is 0 Å². The van der Waals surface area contributed by atoms with Gasteiger partial charge in [-0.15, -0.1) is 0 Å². The zero-order chi connectivity index (χ0) is 18.1. The Kier molecular flexibility index (Phi) is 7.14. The van der Waals surface area contributed by atoms with Crippen molar-refractivity contribution in [2.24, 2.45) is 0 Å². The molecule has 0 aliphatic heterocycles. The minimum absolute atomic E-state index is 0.0181. The topological polar surface area (TPSA) is 56.8 Å². The van der Waals surface area contributed by atoms with Gasteiger partial charge in [-0.2, -0.15) is 0 Å². The van der Waals surface area contributed by atoms with Crippen LogP contribution in [0.1, 0.15) is 24.5 Å². The Morgan fingerprint density at radius 3 is 2.32 bits per heavy atom. The summed E-state index contributed by atoms with van der Waals surface area (Å²) in [7, 11) is 3.25. The molecule has 2 aromatic rings. The third-order valence-corrected chi connectivity index (χ3v) is 3.82. The van der Waals surface area contributed by atoms with Crippen LogP contribution in [0, 0.1) is 0 Å². The summed E-state index contributed by atoms with van der Waals surface area (Å²) in [6, 6.07) is 13.4. The van der Waals surface area contributed by atoms with Gasteiger partial charge >= 0.3 is 0 Å². The van der Waals surface area contributed by atoms with Crippen molar-refractivity contribution in [1.82, 2.24) is 5.32 Å². The smallest absolute Gasteiger partial charge is 0.220 e. The minimum Gasteiger partial charge on any atom is -0.497 e. The number of carbonyl (C=O) groups excluding carboxylic acids is 1. The number of hydrogen-bond donors (Lipinski definition) is 1. The first-order chi connectivity index (χ1) is 12.2. The summed E-state index contributed by atoms with van der Waals surface area (Å²) in [5, 5.41) is 2.94. The highest BCUT2D eigenvalue weighted by molar-refractivity contribution is 5.76. The van der Waals surface area contributed by atoms with Crippen LogP contribution >= 0.6 is 0 Å². The Bertz CT molecular complexity index is 683. The van der Waals surface area contributed by atoms with Gasteiger partial charge in [-0.05, 0) is 48.7 Å². The highest BCUT2D eigenvalue weighted by Crippen LogP contribution is 2.28. The van der Waals surface area contributed by atoms with Crippen LogP contribution in [-0.4, -0.2) is 26.7 Å². The monoisotopic (exact) mass is 343 g/mol. The van der Waals surface area contributed by atoms with Crippen molar-refractivity contribution < 1.29 is 19.0 Å². The molecule has 0 spiro atoms. The molecule has 0 fully saturated rings. The van der Waals surface area contributed by atoms with E-state index < -0.39 is 0 Å². The van der Waals surface area contributed by atoms with E-state index in [1.807, 2.05) is 49.4 Å². The lowest BCUT2D eigenvalue weighted by Crippen LogP contribution is -2.23. The van der Waals surface area contributed by atoms with Crippen LogP contribution in [-0.2, 0) is 17.8 Å². The van der Waals surface area contributed by atoms with Crippen LogP contribution in [0.5, 0.6) is 17.2 Å². The molecule has 0 aliphatic rings. The summed E-state index contributed by atoms with van der Waals surface area (Å²) >= 11 is 0. The first kappa shape index (κ1) is 18.6. The van der Waals surface area contributed by atoms with Crippen molar-refractivity contribution in [3.63, 3.8) is 0 Å². The lowest BCUT2D eigenvalue weighted by Gasteiger charge is -2.11. The molecular weight excluding hydrogens is 318 g/mol. The summed E-state index contributed by atoms with van der Waals surface area (Å²) in [6.45, 7) is 2.95. The maximum Gasteiger partial charge on any atom is 0.220 e. The molecule has 1 amide bonds. The Labute approximate surface area is 148 Å². The number of amides is 1. The van der Waals surface area contributed by atoms with Gasteiger partial charge < -0.3 is 19.5 Å². The quantitative estimate of drug-likeness (QED) is 0.759. The van der Waals surface area contributed by atoms with Crippen LogP contribution in [0.2, 0.25) is 0 Å². The fraction of sp³-hybridized carbons (Fsp3) is 0.350. The van der Waals surface area contributed by atoms with E-state index in [4.69, 9.17) is 14.2 Å². The molecule has 0 saturated heterocycles. The average molecular weight is 343 g/mol. The average Bonchev–Trinajstić information content (AvgIpc) is 2.65. The van der Waals surface area contributed by atoms with Crippen molar-refractivity contribution in [3.05, 3.63) is 53.6 Å². The number of aryl methyl sites for hydroxylation is 1. The summed E-state index contributed by atoms with van der Waals surface area (Å²) < 4.78 is 15.9. The van der Waals surface area contributed by atoms with E-state index in [-0.39, 0.29) is 5.91 Å². The number of benzene rings is 2. The van der Waals surface area contributed by atoms with E-state index in [2.05, 4.69) is 5.32 Å². The van der Waals surface area contributed by atoms with E-state index in [0.717, 1.165) is 16.9 Å². The molecule has 0 heterocycles. The zero-order valence-electron chi connectivity index (χ0n) is 15.0. The normalized spacial score (nSPS) is 10.2. The molecule has 0 aromatic heterocycles. The molecule has 5 heteroatoms. The predicted octanol–water partition coefficient (Wildman–Crippen LogP) is 3.35. The highest BCUT2D eigenvalue weighted by atomic mass is 16.5. The fourth-order valence-electron chi connectivity index (χ4n) is 2.44. The number of methoxy groups -OCH3 is 2. The second-order valence-electron chi connectivity index (χ2n) is 5.54. The van der Waals surface area contributed by atoms with Gasteiger partial charge in [0.2, 0.25) is 5.91 Å². The molecular formula is C20H25NO4. The number of rotatable bonds is 9. The second-order valence-corrected chi connectivity index (χ2v) is 5.54. The van der Waals surface area contributed by atoms with Gasteiger partial charge in [0, 0.05) is 13.0 Å². The van der Waals surface area contributed by atoms with E-state index in [9.17, 15) is 4.79 Å². The highest BCUT2D eigenvalue weighted by Gasteiger charge is 2.07. The van der Waals surface area contributed by atoms with Crippen LogP contribution in [0.3, 0.4) is 0 Å². The van der Waals surface area contributed by atoms with E-state index in [1.54, 1.807) is 14.2 Å². The second kappa shape index (κ2) is 9.57. The zero-order valence-corrected chi connectivity index (χ0v) is 15.0. The standard InChI is InChI=1S/C20H25NO4/c1-4-25-19-13-16(7-11-18(19)24-3)14-21-20(22)12-8-15-5-9-17(23-2)10-6-15/h5-7,9-11,13H,4,8,12,14H2,1-3H3,(H,21,22). The molecule has 0 radical (unpaired) electrons. The predicted molar refractivity (Wildman–Crippen MR) is 97.3 cm³/mol. The van der Waals surface area contributed by atoms with Crippen molar-refractivity contribution in [2.45, 2.75) is 26.3 Å². The molecule has 0 bridgehead atoms. The summed E-state index contributed by atoms with van der Waals surface area (Å²) in [5.74, 6) is 2.22. The summed E-state index contributed by atoms with van der Waals surface area (Å²) in [5.41, 5.74) is 2.08. The molecule has 134 valence electrons. The van der Waals surface area contributed by atoms with E-state index in [1.165, 1.54) is 0 Å². The largest absolute Gasteiger partial charge is 0.497 e. The molecule has 0 atom stereocenters. The fourth-order valence-corrected chi connectivity index (χ4v) is 2.44. The molecule has 2 rings (SSSR count). The number of nitrogens with one attached hydrogen (secondary N) is 1. The van der Waals surface area contributed by atoms with Gasteiger partial charge in [0.25, 0.3) is 0 Å². The lowest BCUT2D eigenvalue weighted by molar-refractivity contribution is -0.121. The van der Waals surface area contributed by atoms with Gasteiger partial charge in [0.15, 0.2) is 11.5 Å². The van der Waals surface area contributed by atoms with Gasteiger partial charge in [-0.25, -0.2) is 0 Å². The van der Waals surface area contributed by atoms with Crippen molar-refractivity contribution >= 4 is 5.91 Å². The van der Waals surface area contributed by atoms with E-state index in [0.29, 0.717) is 37.5 Å². The Morgan fingerprint density at radius 1 is 0.960 bits per heavy atom. The SMILES string of the molecule is CCOc1cc(CNC(=O)CCc2ccc(OC)cc2)ccc1OC. The molecule has 1 N–H and O–H groups in total. The molecule has 0 saturated carbocycles. The van der Waals surface area contributed by atoms with Gasteiger partial charge in [-0.1, -0.05) is 18.2 Å². The molecule has 0 unspecified atom stereocenters. The maximum absolute atomic E-state index is 12.1.